The highest BCUT2D eigenvalue weighted by molar-refractivity contribution is 7.91. The number of hydrogen-bond acceptors (Lipinski definition) is 3. The Kier molecular flexibility index (Phi) is 4.15. The molecular weight excluding hydrogens is 210 g/mol. The van der Waals surface area contributed by atoms with Gasteiger partial charge in [0.1, 0.15) is 9.84 Å². The van der Waals surface area contributed by atoms with E-state index in [0.717, 1.165) is 25.7 Å². The average molecular weight is 229 g/mol. The Bertz CT molecular complexity index is 334. The lowest BCUT2D eigenvalue weighted by Gasteiger charge is -2.30. The summed E-state index contributed by atoms with van der Waals surface area (Å²) in [5, 5.41) is 9.17. The van der Waals surface area contributed by atoms with Crippen molar-refractivity contribution in [1.29, 1.82) is 5.26 Å². The molecule has 0 saturated heterocycles. The molecule has 1 rings (SSSR count). The minimum absolute atomic E-state index is 0.178. The second-order valence-electron chi connectivity index (χ2n) is 4.44. The molecule has 0 atom stereocenters. The lowest BCUT2D eigenvalue weighted by Crippen LogP contribution is -2.26. The van der Waals surface area contributed by atoms with Crippen LogP contribution in [0, 0.1) is 16.7 Å². The summed E-state index contributed by atoms with van der Waals surface area (Å²) in [5.74, 6) is 0.367. The van der Waals surface area contributed by atoms with E-state index in [0.29, 0.717) is 6.42 Å². The van der Waals surface area contributed by atoms with Crippen LogP contribution in [-0.4, -0.2) is 19.9 Å². The van der Waals surface area contributed by atoms with Crippen molar-refractivity contribution in [3.63, 3.8) is 0 Å². The first-order chi connectivity index (χ1) is 7.04. The highest BCUT2D eigenvalue weighted by Gasteiger charge is 2.32. The maximum Gasteiger partial charge on any atom is 0.150 e. The Morgan fingerprint density at radius 1 is 1.27 bits per heavy atom. The summed E-state index contributed by atoms with van der Waals surface area (Å²) in [6, 6.07) is 2.35. The summed E-state index contributed by atoms with van der Waals surface area (Å²) in [4.78, 5) is 0. The van der Waals surface area contributed by atoms with E-state index < -0.39 is 9.84 Å². The summed E-state index contributed by atoms with van der Waals surface area (Å²) < 4.78 is 22.8. The summed E-state index contributed by atoms with van der Waals surface area (Å²) >= 11 is 0. The maximum atomic E-state index is 11.4. The molecular formula is C11H19NO2S. The zero-order valence-electron chi connectivity index (χ0n) is 9.33. The normalized spacial score (nSPS) is 20.8. The van der Waals surface area contributed by atoms with Crippen LogP contribution in [0.5, 0.6) is 0 Å². The third-order valence-electron chi connectivity index (χ3n) is 3.38. The number of nitriles is 1. The van der Waals surface area contributed by atoms with Crippen molar-refractivity contribution < 1.29 is 8.42 Å². The second-order valence-corrected chi connectivity index (χ2v) is 6.91. The Morgan fingerprint density at radius 3 is 2.33 bits per heavy atom. The predicted molar refractivity (Wildman–Crippen MR) is 60.1 cm³/mol. The molecule has 0 N–H and O–H groups in total. The Morgan fingerprint density at radius 2 is 1.87 bits per heavy atom. The monoisotopic (exact) mass is 229 g/mol. The lowest BCUT2D eigenvalue weighted by molar-refractivity contribution is 0.259. The van der Waals surface area contributed by atoms with E-state index in [1.807, 2.05) is 0 Å². The van der Waals surface area contributed by atoms with Gasteiger partial charge in [0.05, 0.1) is 17.2 Å². The van der Waals surface area contributed by atoms with Gasteiger partial charge >= 0.3 is 0 Å². The summed E-state index contributed by atoms with van der Waals surface area (Å²) in [6.45, 7) is 1.66. The van der Waals surface area contributed by atoms with Gasteiger partial charge in [-0.3, -0.25) is 0 Å². The van der Waals surface area contributed by atoms with E-state index in [2.05, 4.69) is 6.07 Å². The molecule has 1 saturated carbocycles. The number of sulfone groups is 1. The minimum atomic E-state index is -2.92. The van der Waals surface area contributed by atoms with Crippen molar-refractivity contribution in [2.45, 2.75) is 45.4 Å². The smallest absolute Gasteiger partial charge is 0.150 e. The van der Waals surface area contributed by atoms with Crippen LogP contribution in [0.2, 0.25) is 0 Å². The molecule has 0 heterocycles. The van der Waals surface area contributed by atoms with E-state index in [4.69, 9.17) is 5.26 Å². The van der Waals surface area contributed by atoms with Crippen molar-refractivity contribution in [2.75, 3.05) is 11.5 Å². The predicted octanol–water partition coefficient (Wildman–Crippen LogP) is 2.29. The van der Waals surface area contributed by atoms with Gasteiger partial charge < -0.3 is 0 Å². The van der Waals surface area contributed by atoms with Crippen molar-refractivity contribution in [1.82, 2.24) is 0 Å². The Labute approximate surface area is 92.4 Å². The van der Waals surface area contributed by atoms with Crippen molar-refractivity contribution >= 4 is 9.84 Å². The first kappa shape index (κ1) is 12.5. The molecule has 0 unspecified atom stereocenters. The van der Waals surface area contributed by atoms with Crippen molar-refractivity contribution in [3.05, 3.63) is 0 Å². The molecule has 0 spiro atoms. The molecule has 0 amide bonds. The molecule has 86 valence electrons. The van der Waals surface area contributed by atoms with Crippen LogP contribution in [0.1, 0.15) is 45.4 Å². The highest BCUT2D eigenvalue weighted by atomic mass is 32.2. The van der Waals surface area contributed by atoms with Crippen LogP contribution >= 0.6 is 0 Å². The molecule has 1 fully saturated rings. The Balaban J connectivity index is 2.58. The highest BCUT2D eigenvalue weighted by Crippen LogP contribution is 2.38. The molecule has 0 aromatic rings. The maximum absolute atomic E-state index is 11.4. The van der Waals surface area contributed by atoms with Crippen molar-refractivity contribution in [3.8, 4) is 6.07 Å². The largest absolute Gasteiger partial charge is 0.229 e. The lowest BCUT2D eigenvalue weighted by atomic mass is 9.73. The van der Waals surface area contributed by atoms with Crippen LogP contribution in [0.3, 0.4) is 0 Å². The Hall–Kier alpha value is -0.560. The number of rotatable bonds is 4. The van der Waals surface area contributed by atoms with Gasteiger partial charge in [-0.25, -0.2) is 8.42 Å². The molecule has 15 heavy (non-hydrogen) atoms. The second kappa shape index (κ2) is 4.98. The fourth-order valence-electron chi connectivity index (χ4n) is 2.14. The standard InChI is InChI=1S/C11H19NO2S/c1-2-15(13,14)9-8-11(10-12)6-4-3-5-7-11/h2-9H2,1H3. The summed E-state index contributed by atoms with van der Waals surface area (Å²) in [5.41, 5.74) is -0.347. The zero-order valence-corrected chi connectivity index (χ0v) is 10.1. The van der Waals surface area contributed by atoms with E-state index in [1.54, 1.807) is 6.92 Å². The van der Waals surface area contributed by atoms with Gasteiger partial charge in [-0.05, 0) is 19.3 Å². The molecule has 4 heteroatoms. The van der Waals surface area contributed by atoms with Crippen LogP contribution in [-0.2, 0) is 9.84 Å². The first-order valence-electron chi connectivity index (χ1n) is 5.65. The molecule has 0 aromatic heterocycles. The van der Waals surface area contributed by atoms with Crippen LogP contribution in [0.25, 0.3) is 0 Å². The van der Waals surface area contributed by atoms with E-state index in [-0.39, 0.29) is 16.9 Å². The molecule has 1 aliphatic rings. The van der Waals surface area contributed by atoms with Crippen LogP contribution in [0.15, 0.2) is 0 Å². The van der Waals surface area contributed by atoms with Crippen molar-refractivity contribution in [2.24, 2.45) is 5.41 Å². The minimum Gasteiger partial charge on any atom is -0.229 e. The third-order valence-corrected chi connectivity index (χ3v) is 5.09. The molecule has 0 aliphatic heterocycles. The molecule has 0 bridgehead atoms. The SMILES string of the molecule is CCS(=O)(=O)CCC1(C#N)CCCCC1. The van der Waals surface area contributed by atoms with Gasteiger partial charge in [-0.15, -0.1) is 0 Å². The first-order valence-corrected chi connectivity index (χ1v) is 7.47. The van der Waals surface area contributed by atoms with E-state index >= 15 is 0 Å². The number of hydrogen-bond donors (Lipinski definition) is 0. The van der Waals surface area contributed by atoms with Crippen LogP contribution in [0.4, 0.5) is 0 Å². The summed E-state index contributed by atoms with van der Waals surface area (Å²) in [7, 11) is -2.92. The average Bonchev–Trinajstić information content (AvgIpc) is 2.28. The fourth-order valence-corrected chi connectivity index (χ4v) is 3.13. The van der Waals surface area contributed by atoms with E-state index in [1.165, 1.54) is 6.42 Å². The fraction of sp³-hybridized carbons (Fsp3) is 0.909. The van der Waals surface area contributed by atoms with E-state index in [9.17, 15) is 8.42 Å². The summed E-state index contributed by atoms with van der Waals surface area (Å²) in [6.07, 6.45) is 5.61. The topological polar surface area (TPSA) is 57.9 Å². The van der Waals surface area contributed by atoms with Gasteiger partial charge in [0.25, 0.3) is 0 Å². The molecule has 0 aromatic carbocycles. The van der Waals surface area contributed by atoms with Gasteiger partial charge in [0.2, 0.25) is 0 Å². The quantitative estimate of drug-likeness (QED) is 0.743. The molecule has 3 nitrogen and oxygen atoms in total. The number of nitrogens with zero attached hydrogens (tertiary/aromatic N) is 1. The van der Waals surface area contributed by atoms with Gasteiger partial charge in [-0.1, -0.05) is 26.2 Å². The van der Waals surface area contributed by atoms with Gasteiger partial charge in [0, 0.05) is 5.75 Å². The third kappa shape index (κ3) is 3.49. The van der Waals surface area contributed by atoms with Gasteiger partial charge in [0.15, 0.2) is 0 Å². The molecule has 1 aliphatic carbocycles. The van der Waals surface area contributed by atoms with Gasteiger partial charge in [-0.2, -0.15) is 5.26 Å². The molecule has 0 radical (unpaired) electrons. The van der Waals surface area contributed by atoms with Crippen LogP contribution < -0.4 is 0 Å². The zero-order chi connectivity index (χ0) is 11.4.